The third kappa shape index (κ3) is 7.48. The summed E-state index contributed by atoms with van der Waals surface area (Å²) in [4.78, 5) is 4.44. The molecule has 0 saturated heterocycles. The minimum absolute atomic E-state index is 0.665. The molecule has 0 fully saturated rings. The van der Waals surface area contributed by atoms with Gasteiger partial charge in [-0.15, -0.1) is 0 Å². The molecule has 0 atom stereocenters. The van der Waals surface area contributed by atoms with Crippen molar-refractivity contribution in [3.8, 4) is 40.2 Å². The summed E-state index contributed by atoms with van der Waals surface area (Å²) in [5.74, 6) is 4.36. The number of benzene rings is 10. The Morgan fingerprint density at radius 2 is 0.945 bits per heavy atom. The molecule has 354 valence electrons. The van der Waals surface area contributed by atoms with E-state index in [0.29, 0.717) is 23.0 Å². The number of nitrogens with zero attached hydrogens (tertiary/aromatic N) is 2. The summed E-state index contributed by atoms with van der Waals surface area (Å²) >= 11 is 1.77. The van der Waals surface area contributed by atoms with Crippen LogP contribution in [0.1, 0.15) is 61.1 Å². The number of aromatic nitrogens is 1. The van der Waals surface area contributed by atoms with E-state index in [-0.39, 0.29) is 0 Å². The Labute approximate surface area is 431 Å². The Balaban J connectivity index is 0.00000133. The van der Waals surface area contributed by atoms with Gasteiger partial charge in [-0.05, 0) is 119 Å². The van der Waals surface area contributed by atoms with Crippen molar-refractivity contribution in [3.63, 3.8) is 0 Å². The van der Waals surface area contributed by atoms with Crippen LogP contribution < -0.4 is 19.1 Å². The number of ether oxygens (including phenoxy) is 3. The van der Waals surface area contributed by atoms with Gasteiger partial charge in [0.1, 0.15) is 5.75 Å². The van der Waals surface area contributed by atoms with Crippen LogP contribution in [0.15, 0.2) is 240 Å². The molecule has 0 radical (unpaired) electrons. The Morgan fingerprint density at radius 1 is 0.411 bits per heavy atom. The lowest BCUT2D eigenvalue weighted by molar-refractivity contribution is 0.358. The number of hydrogen-bond donors (Lipinski definition) is 0. The lowest BCUT2D eigenvalue weighted by atomic mass is 9.63. The first kappa shape index (κ1) is 45.4. The smallest absolute Gasteiger partial charge is 0.170 e. The zero-order valence-corrected chi connectivity index (χ0v) is 41.9. The predicted molar refractivity (Wildman–Crippen MR) is 303 cm³/mol. The second-order valence-electron chi connectivity index (χ2n) is 17.6. The maximum atomic E-state index is 7.31. The fourth-order valence-electron chi connectivity index (χ4n) is 10.8. The van der Waals surface area contributed by atoms with Gasteiger partial charge in [0, 0.05) is 33.4 Å². The Bertz CT molecular complexity index is 3770. The lowest BCUT2D eigenvalue weighted by Gasteiger charge is -2.40. The summed E-state index contributed by atoms with van der Waals surface area (Å²) < 4.78 is 23.1. The molecule has 0 saturated carbocycles. The molecule has 73 heavy (non-hydrogen) atoms. The predicted octanol–water partition coefficient (Wildman–Crippen LogP) is 19.3. The number of anilines is 3. The average Bonchev–Trinajstić information content (AvgIpc) is 3.71. The van der Waals surface area contributed by atoms with Crippen molar-refractivity contribution in [3.05, 3.63) is 264 Å². The summed E-state index contributed by atoms with van der Waals surface area (Å²) in [6.45, 7) is 8.00. The maximum absolute atomic E-state index is 7.31. The molecule has 5 nitrogen and oxygen atoms in total. The highest BCUT2D eigenvalue weighted by Crippen LogP contribution is 2.60. The number of rotatable bonds is 6. The maximum Gasteiger partial charge on any atom is 0.170 e. The van der Waals surface area contributed by atoms with Gasteiger partial charge in [0.25, 0.3) is 0 Å². The van der Waals surface area contributed by atoms with Gasteiger partial charge in [0.2, 0.25) is 0 Å². The van der Waals surface area contributed by atoms with E-state index in [1.54, 1.807) is 11.8 Å². The quantitative estimate of drug-likeness (QED) is 0.166. The minimum Gasteiger partial charge on any atom is -0.454 e. The molecule has 0 amide bonds. The average molecular weight is 965 g/mol. The van der Waals surface area contributed by atoms with Crippen molar-refractivity contribution in [1.82, 2.24) is 4.57 Å². The van der Waals surface area contributed by atoms with E-state index in [0.717, 1.165) is 99.2 Å². The van der Waals surface area contributed by atoms with Crippen LogP contribution in [-0.4, -0.2) is 4.57 Å². The van der Waals surface area contributed by atoms with Gasteiger partial charge in [0.15, 0.2) is 28.7 Å². The molecule has 1 aliphatic carbocycles. The second kappa shape index (κ2) is 19.1. The Kier molecular flexibility index (Phi) is 11.9. The van der Waals surface area contributed by atoms with Crippen molar-refractivity contribution >= 4 is 62.8 Å². The molecular weight excluding hydrogens is 913 g/mol. The van der Waals surface area contributed by atoms with Crippen molar-refractivity contribution < 1.29 is 14.2 Å². The van der Waals surface area contributed by atoms with E-state index >= 15 is 0 Å². The first-order chi connectivity index (χ1) is 36.2. The van der Waals surface area contributed by atoms with E-state index in [1.165, 1.54) is 0 Å². The highest BCUT2D eigenvalue weighted by atomic mass is 32.2. The molecule has 11 aromatic rings. The molecule has 6 heteroatoms. The van der Waals surface area contributed by atoms with Crippen molar-refractivity contribution in [2.24, 2.45) is 0 Å². The Morgan fingerprint density at radius 3 is 1.59 bits per heavy atom. The molecule has 0 unspecified atom stereocenters. The first-order valence-electron chi connectivity index (χ1n) is 25.2. The lowest BCUT2D eigenvalue weighted by Crippen LogP contribution is -2.33. The SMILES string of the molecule is C1=Cc2c(cc(-n3c4ccccc4c4cc(N(c5ccccc5)c5ccccc5)ccc43)c3c2Oc2ccccc2S3)C(c2ccccc2)(c2ccccc2)c2cc3c(cc21)Oc1ccccc1O3.CC.CC. The van der Waals surface area contributed by atoms with Crippen molar-refractivity contribution in [2.75, 3.05) is 4.90 Å². The molecule has 1 aromatic heterocycles. The molecule has 3 heterocycles. The topological polar surface area (TPSA) is 35.9 Å². The summed E-state index contributed by atoms with van der Waals surface area (Å²) in [7, 11) is 0. The monoisotopic (exact) mass is 964 g/mol. The molecule has 10 aromatic carbocycles. The highest BCUT2D eigenvalue weighted by Gasteiger charge is 2.45. The standard InChI is InChI=1S/C63H40N2O3S.2C2H6/c1-5-19-42(20-6-1)63(43-21-7-2-8-22-43)50-40-59-58(66-55-29-15-16-30-56(55)67-59)37-41(50)33-35-48-51(63)39-54(62-61(48)68-57-31-17-18-32-60(57)69-62)65-52-28-14-13-27-47(52)49-38-46(34-36-53(49)65)64(44-23-9-3-10-24-44)45-25-11-4-12-26-45;2*1-2/h1-40H;2*1-2H3. The summed E-state index contributed by atoms with van der Waals surface area (Å²) in [5.41, 5.74) is 12.0. The van der Waals surface area contributed by atoms with Gasteiger partial charge in [-0.1, -0.05) is 191 Å². The van der Waals surface area contributed by atoms with E-state index in [4.69, 9.17) is 14.2 Å². The summed E-state index contributed by atoms with van der Waals surface area (Å²) in [5, 5.41) is 2.31. The zero-order valence-electron chi connectivity index (χ0n) is 41.1. The van der Waals surface area contributed by atoms with Gasteiger partial charge in [-0.2, -0.15) is 0 Å². The van der Waals surface area contributed by atoms with Crippen LogP contribution in [0.3, 0.4) is 0 Å². The van der Waals surface area contributed by atoms with Crippen LogP contribution in [0, 0.1) is 0 Å². The van der Waals surface area contributed by atoms with Crippen LogP contribution in [0.5, 0.6) is 34.5 Å². The van der Waals surface area contributed by atoms with E-state index in [1.807, 2.05) is 52.0 Å². The van der Waals surface area contributed by atoms with E-state index < -0.39 is 5.41 Å². The van der Waals surface area contributed by atoms with Crippen molar-refractivity contribution in [2.45, 2.75) is 42.9 Å². The number of para-hydroxylation sites is 6. The molecule has 2 aliphatic heterocycles. The van der Waals surface area contributed by atoms with Gasteiger partial charge in [-0.25, -0.2) is 0 Å². The van der Waals surface area contributed by atoms with Gasteiger partial charge >= 0.3 is 0 Å². The minimum atomic E-state index is -0.876. The molecule has 14 rings (SSSR count). The van der Waals surface area contributed by atoms with E-state index in [9.17, 15) is 0 Å². The van der Waals surface area contributed by atoms with Crippen LogP contribution in [0.2, 0.25) is 0 Å². The van der Waals surface area contributed by atoms with Crippen LogP contribution >= 0.6 is 11.8 Å². The first-order valence-corrected chi connectivity index (χ1v) is 26.0. The fraction of sp³-hybridized carbons (Fsp3) is 0.0746. The van der Waals surface area contributed by atoms with Crippen LogP contribution in [0.4, 0.5) is 17.1 Å². The number of fused-ring (bicyclic) bond motifs is 10. The summed E-state index contributed by atoms with van der Waals surface area (Å²) in [6.07, 6.45) is 4.48. The second-order valence-corrected chi connectivity index (χ2v) is 18.6. The molecule has 0 N–H and O–H groups in total. The van der Waals surface area contributed by atoms with Gasteiger partial charge in [-0.3, -0.25) is 0 Å². The van der Waals surface area contributed by atoms with E-state index in [2.05, 4.69) is 228 Å². The molecular formula is C67H52N2O3S. The van der Waals surface area contributed by atoms with Crippen molar-refractivity contribution in [1.29, 1.82) is 0 Å². The van der Waals surface area contributed by atoms with Gasteiger partial charge in [0.05, 0.1) is 31.9 Å². The van der Waals surface area contributed by atoms with Crippen LogP contribution in [-0.2, 0) is 5.41 Å². The molecule has 0 bridgehead atoms. The fourth-order valence-corrected chi connectivity index (χ4v) is 11.9. The molecule has 0 spiro atoms. The third-order valence-electron chi connectivity index (χ3n) is 13.8. The third-order valence-corrected chi connectivity index (χ3v) is 14.9. The van der Waals surface area contributed by atoms with Crippen LogP contribution in [0.25, 0.3) is 39.6 Å². The normalized spacial score (nSPS) is 13.0. The Hall–Kier alpha value is -8.71. The number of hydrogen-bond acceptors (Lipinski definition) is 5. The molecule has 3 aliphatic rings. The largest absolute Gasteiger partial charge is 0.454 e. The highest BCUT2D eigenvalue weighted by molar-refractivity contribution is 7.99. The zero-order chi connectivity index (χ0) is 49.5. The summed E-state index contributed by atoms with van der Waals surface area (Å²) in [6, 6.07) is 81.8. The van der Waals surface area contributed by atoms with Gasteiger partial charge < -0.3 is 23.7 Å².